The number of aliphatic hydroxyl groups is 1. The van der Waals surface area contributed by atoms with Gasteiger partial charge in [-0.25, -0.2) is 0 Å². The number of aliphatic hydroxyl groups excluding tert-OH is 1. The van der Waals surface area contributed by atoms with E-state index >= 15 is 0 Å². The number of hydrogen-bond acceptors (Lipinski definition) is 5. The van der Waals surface area contributed by atoms with Crippen LogP contribution < -0.4 is 0 Å². The van der Waals surface area contributed by atoms with E-state index in [-0.39, 0.29) is 19.0 Å². The molecule has 4 rings (SSSR count). The van der Waals surface area contributed by atoms with Gasteiger partial charge in [0.1, 0.15) is 0 Å². The van der Waals surface area contributed by atoms with Gasteiger partial charge >= 0.3 is 200 Å². The molecule has 2 amide bonds. The fourth-order valence-electron chi connectivity index (χ4n) is 4.51. The van der Waals surface area contributed by atoms with Gasteiger partial charge in [-0.05, 0) is 0 Å². The Kier molecular flexibility index (Phi) is 6.91. The Labute approximate surface area is 200 Å². The van der Waals surface area contributed by atoms with E-state index in [1.807, 2.05) is 30.3 Å². The van der Waals surface area contributed by atoms with Gasteiger partial charge in [-0.3, -0.25) is 0 Å². The molecule has 174 valence electrons. The predicted octanol–water partition coefficient (Wildman–Crippen LogP) is 1.61. The van der Waals surface area contributed by atoms with Crippen molar-refractivity contribution in [2.75, 3.05) is 33.7 Å². The summed E-state index contributed by atoms with van der Waals surface area (Å²) in [5, 5.41) is 10.5. The van der Waals surface area contributed by atoms with E-state index in [1.165, 1.54) is 4.90 Å². The molecule has 1 N–H and O–H groups in total. The number of nitrogens with zero attached hydrogens (tertiary/aromatic N) is 3. The van der Waals surface area contributed by atoms with Crippen molar-refractivity contribution in [2.24, 2.45) is 0 Å². The molecular formula is C26H28BN3O4. The number of carbonyl (C=O) groups is 3. The summed E-state index contributed by atoms with van der Waals surface area (Å²) in [5.41, 5.74) is 3.88. The van der Waals surface area contributed by atoms with Crippen LogP contribution in [-0.2, 0) is 16.0 Å². The first-order valence-corrected chi connectivity index (χ1v) is 11.4. The van der Waals surface area contributed by atoms with Gasteiger partial charge in [0.15, 0.2) is 0 Å². The molecule has 1 saturated heterocycles. The molecule has 0 aromatic heterocycles. The second-order valence-electron chi connectivity index (χ2n) is 8.69. The van der Waals surface area contributed by atoms with Gasteiger partial charge in [0.2, 0.25) is 0 Å². The molecule has 1 unspecified atom stereocenters. The quantitative estimate of drug-likeness (QED) is 0.419. The summed E-state index contributed by atoms with van der Waals surface area (Å²) in [5.74, 6) is -1.27. The third kappa shape index (κ3) is 4.39. The first-order valence-electron chi connectivity index (χ1n) is 11.4. The zero-order valence-corrected chi connectivity index (χ0v) is 19.7. The second kappa shape index (κ2) is 9.87. The average molecular weight is 457 g/mol. The van der Waals surface area contributed by atoms with Crippen molar-refractivity contribution in [3.63, 3.8) is 0 Å². The number of allylic oxidation sites excluding steroid dienone is 1. The van der Waals surface area contributed by atoms with Crippen molar-refractivity contribution >= 4 is 35.7 Å². The number of Topliss-reactive ketones (excluding diaryl/α,β-unsaturated/α-hetero) is 1. The summed E-state index contributed by atoms with van der Waals surface area (Å²) < 4.78 is 0. The molecule has 0 saturated carbocycles. The Bertz CT molecular complexity index is 1190. The molecule has 0 radical (unpaired) electrons. The standard InChI is InChI=1S/C26H28BN3O4/c1-27-22-16-29(24(32)17-8-5-4-6-9-17)14-15-30(22)26(34)23(31)20-13-12-19-18(20)10-7-11-21(19)25(33)28(2)3/h4-11,13,25,33H,12,14-16H2,1-3H3. The number of hydrogen-bond donors (Lipinski definition) is 1. The van der Waals surface area contributed by atoms with E-state index in [0.29, 0.717) is 35.3 Å². The summed E-state index contributed by atoms with van der Waals surface area (Å²) >= 11 is 0. The van der Waals surface area contributed by atoms with Gasteiger partial charge in [0, 0.05) is 0 Å². The first kappa shape index (κ1) is 23.8. The van der Waals surface area contributed by atoms with E-state index in [9.17, 15) is 19.5 Å². The molecule has 2 aromatic carbocycles. The van der Waals surface area contributed by atoms with Gasteiger partial charge in [0.25, 0.3) is 0 Å². The van der Waals surface area contributed by atoms with Gasteiger partial charge < -0.3 is 0 Å². The van der Waals surface area contributed by atoms with Gasteiger partial charge in [-0.1, -0.05) is 0 Å². The fourth-order valence-corrected chi connectivity index (χ4v) is 4.51. The van der Waals surface area contributed by atoms with Crippen LogP contribution in [0.15, 0.2) is 54.6 Å². The summed E-state index contributed by atoms with van der Waals surface area (Å²) in [6, 6.07) is 14.5. The number of amides is 2. The van der Waals surface area contributed by atoms with Crippen LogP contribution in [0.4, 0.5) is 0 Å². The normalized spacial score (nSPS) is 17.3. The Morgan fingerprint density at radius 1 is 1.03 bits per heavy atom. The fraction of sp³-hybridized carbons (Fsp3) is 0.308. The minimum atomic E-state index is -0.793. The summed E-state index contributed by atoms with van der Waals surface area (Å²) in [7, 11) is 3.56. The van der Waals surface area contributed by atoms with Crippen LogP contribution in [0.5, 0.6) is 0 Å². The Balaban J connectivity index is 1.51. The van der Waals surface area contributed by atoms with E-state index < -0.39 is 17.9 Å². The molecule has 1 atom stereocenters. The van der Waals surface area contributed by atoms with Gasteiger partial charge in [-0.2, -0.15) is 0 Å². The van der Waals surface area contributed by atoms with Crippen LogP contribution in [0.1, 0.15) is 33.3 Å². The Hall–Kier alpha value is -3.36. The van der Waals surface area contributed by atoms with E-state index in [2.05, 4.69) is 0 Å². The summed E-state index contributed by atoms with van der Waals surface area (Å²) in [4.78, 5) is 44.3. The van der Waals surface area contributed by atoms with Crippen LogP contribution in [0, 0.1) is 0 Å². The minimum absolute atomic E-state index is 0.0993. The van der Waals surface area contributed by atoms with Gasteiger partial charge in [-0.15, -0.1) is 0 Å². The third-order valence-corrected chi connectivity index (χ3v) is 6.40. The monoisotopic (exact) mass is 457 g/mol. The molecular weight excluding hydrogens is 429 g/mol. The maximum absolute atomic E-state index is 13.3. The molecule has 8 heteroatoms. The SMILES string of the molecule is CB=C1CN(C(=O)c2ccccc2)CCN1C(=O)C(=O)C1=CCc2c1cccc2C(O)N(C)C. The topological polar surface area (TPSA) is 81.2 Å². The molecule has 2 aliphatic rings. The maximum atomic E-state index is 13.3. The van der Waals surface area contributed by atoms with Crippen molar-refractivity contribution in [3.05, 3.63) is 76.9 Å². The zero-order valence-electron chi connectivity index (χ0n) is 19.7. The van der Waals surface area contributed by atoms with E-state index in [0.717, 1.165) is 11.1 Å². The van der Waals surface area contributed by atoms with Gasteiger partial charge in [0.05, 0.1) is 0 Å². The van der Waals surface area contributed by atoms with E-state index in [1.54, 1.807) is 61.9 Å². The third-order valence-electron chi connectivity index (χ3n) is 6.40. The number of benzene rings is 2. The number of fused-ring (bicyclic) bond motifs is 1. The number of ketones is 1. The molecule has 34 heavy (non-hydrogen) atoms. The summed E-state index contributed by atoms with van der Waals surface area (Å²) in [6.07, 6.45) is 1.46. The van der Waals surface area contributed by atoms with Crippen molar-refractivity contribution in [1.82, 2.24) is 14.7 Å². The zero-order chi connectivity index (χ0) is 24.4. The Morgan fingerprint density at radius 2 is 1.76 bits per heavy atom. The van der Waals surface area contributed by atoms with Crippen LogP contribution >= 0.6 is 0 Å². The van der Waals surface area contributed by atoms with Crippen molar-refractivity contribution in [2.45, 2.75) is 19.5 Å². The van der Waals surface area contributed by atoms with Crippen LogP contribution in [-0.4, -0.2) is 83.6 Å². The van der Waals surface area contributed by atoms with Crippen molar-refractivity contribution < 1.29 is 19.5 Å². The number of rotatable bonds is 5. The van der Waals surface area contributed by atoms with Crippen LogP contribution in [0.3, 0.4) is 0 Å². The van der Waals surface area contributed by atoms with Crippen molar-refractivity contribution in [1.29, 1.82) is 0 Å². The molecule has 1 heterocycles. The summed E-state index contributed by atoms with van der Waals surface area (Å²) in [6.45, 7) is 4.44. The predicted molar refractivity (Wildman–Crippen MR) is 132 cm³/mol. The molecule has 1 aliphatic carbocycles. The van der Waals surface area contributed by atoms with Crippen LogP contribution in [0.25, 0.3) is 5.57 Å². The molecule has 0 bridgehead atoms. The number of carbonyl (C=O) groups excluding carboxylic acids is 3. The molecule has 0 spiro atoms. The van der Waals surface area contributed by atoms with Crippen molar-refractivity contribution in [3.8, 4) is 0 Å². The second-order valence-corrected chi connectivity index (χ2v) is 8.69. The Morgan fingerprint density at radius 3 is 2.44 bits per heavy atom. The van der Waals surface area contributed by atoms with E-state index in [4.69, 9.17) is 0 Å². The molecule has 7 nitrogen and oxygen atoms in total. The number of piperazine rings is 1. The molecule has 1 aliphatic heterocycles. The van der Waals surface area contributed by atoms with Crippen LogP contribution in [0.2, 0.25) is 6.82 Å². The molecule has 2 aromatic rings. The first-order chi connectivity index (χ1) is 16.3. The molecule has 1 fully saturated rings. The average Bonchev–Trinajstić information content (AvgIpc) is 3.31.